The monoisotopic (exact) mass is 292 g/mol. The number of benzene rings is 3. The first-order chi connectivity index (χ1) is 10.6. The van der Waals surface area contributed by atoms with Crippen LogP contribution in [-0.4, -0.2) is 5.11 Å². The molecule has 4 nitrogen and oxygen atoms in total. The first-order valence-electron chi connectivity index (χ1n) is 6.84. The van der Waals surface area contributed by atoms with Gasteiger partial charge in [0.2, 0.25) is 0 Å². The van der Waals surface area contributed by atoms with Crippen LogP contribution >= 0.6 is 0 Å². The fraction of sp³-hybridized carbons (Fsp3) is 0. The third kappa shape index (κ3) is 2.96. The van der Waals surface area contributed by atoms with Gasteiger partial charge >= 0.3 is 0 Å². The summed E-state index contributed by atoms with van der Waals surface area (Å²) in [6, 6.07) is 19.7. The summed E-state index contributed by atoms with van der Waals surface area (Å²) in [5.74, 6) is 1.37. The van der Waals surface area contributed by atoms with Gasteiger partial charge in [0.15, 0.2) is 5.75 Å². The SMILES string of the molecule is Nc1ccc(-c2ccc(N)c(Oc3ccc(O)cc3)c2)cc1. The highest BCUT2D eigenvalue weighted by molar-refractivity contribution is 5.71. The largest absolute Gasteiger partial charge is 0.508 e. The first kappa shape index (κ1) is 13.8. The molecular formula is C18H16N2O2. The van der Waals surface area contributed by atoms with Crippen LogP contribution in [0.2, 0.25) is 0 Å². The van der Waals surface area contributed by atoms with Gasteiger partial charge in [-0.05, 0) is 59.7 Å². The zero-order chi connectivity index (χ0) is 15.5. The van der Waals surface area contributed by atoms with E-state index in [-0.39, 0.29) is 5.75 Å². The van der Waals surface area contributed by atoms with E-state index in [9.17, 15) is 5.11 Å². The first-order valence-corrected chi connectivity index (χ1v) is 6.84. The number of hydrogen-bond acceptors (Lipinski definition) is 4. The van der Waals surface area contributed by atoms with Crippen molar-refractivity contribution < 1.29 is 9.84 Å². The quantitative estimate of drug-likeness (QED) is 0.637. The zero-order valence-electron chi connectivity index (χ0n) is 11.9. The number of hydrogen-bond donors (Lipinski definition) is 3. The Bertz CT molecular complexity index is 781. The number of phenolic OH excluding ortho intramolecular Hbond substituents is 1. The Morgan fingerprint density at radius 3 is 2.05 bits per heavy atom. The lowest BCUT2D eigenvalue weighted by Crippen LogP contribution is -1.93. The standard InChI is InChI=1S/C18H16N2O2/c19-14-4-1-12(2-5-14)13-3-10-17(20)18(11-13)22-16-8-6-15(21)7-9-16/h1-11,21H,19-20H2. The summed E-state index contributed by atoms with van der Waals surface area (Å²) in [6.07, 6.45) is 0. The van der Waals surface area contributed by atoms with E-state index in [4.69, 9.17) is 16.2 Å². The van der Waals surface area contributed by atoms with Crippen LogP contribution < -0.4 is 16.2 Å². The van der Waals surface area contributed by atoms with Crippen molar-refractivity contribution in [2.24, 2.45) is 0 Å². The topological polar surface area (TPSA) is 81.5 Å². The van der Waals surface area contributed by atoms with E-state index in [1.165, 1.54) is 0 Å². The predicted molar refractivity (Wildman–Crippen MR) is 88.9 cm³/mol. The van der Waals surface area contributed by atoms with E-state index < -0.39 is 0 Å². The smallest absolute Gasteiger partial charge is 0.150 e. The fourth-order valence-electron chi connectivity index (χ4n) is 2.12. The van der Waals surface area contributed by atoms with Gasteiger partial charge in [-0.25, -0.2) is 0 Å². The van der Waals surface area contributed by atoms with Crippen LogP contribution in [0.15, 0.2) is 66.7 Å². The highest BCUT2D eigenvalue weighted by Crippen LogP contribution is 2.33. The van der Waals surface area contributed by atoms with Crippen LogP contribution in [0, 0.1) is 0 Å². The van der Waals surface area contributed by atoms with Gasteiger partial charge < -0.3 is 21.3 Å². The normalized spacial score (nSPS) is 10.4. The van der Waals surface area contributed by atoms with E-state index in [0.717, 1.165) is 16.8 Å². The summed E-state index contributed by atoms with van der Waals surface area (Å²) >= 11 is 0. The molecule has 3 aromatic carbocycles. The Balaban J connectivity index is 1.92. The molecule has 110 valence electrons. The molecule has 3 rings (SSSR count). The van der Waals surface area contributed by atoms with E-state index >= 15 is 0 Å². The Hall–Kier alpha value is -3.14. The molecular weight excluding hydrogens is 276 g/mol. The van der Waals surface area contributed by atoms with Crippen molar-refractivity contribution in [2.75, 3.05) is 11.5 Å². The van der Waals surface area contributed by atoms with Gasteiger partial charge in [0.1, 0.15) is 11.5 Å². The van der Waals surface area contributed by atoms with Gasteiger partial charge in [-0.2, -0.15) is 0 Å². The van der Waals surface area contributed by atoms with Crippen molar-refractivity contribution in [1.29, 1.82) is 0 Å². The molecule has 0 amide bonds. The van der Waals surface area contributed by atoms with Crippen molar-refractivity contribution in [2.45, 2.75) is 0 Å². The molecule has 0 spiro atoms. The molecule has 0 saturated carbocycles. The molecule has 0 aliphatic carbocycles. The number of anilines is 2. The van der Waals surface area contributed by atoms with Crippen molar-refractivity contribution in [3.63, 3.8) is 0 Å². The lowest BCUT2D eigenvalue weighted by molar-refractivity contribution is 0.465. The molecule has 0 saturated heterocycles. The minimum atomic E-state index is 0.191. The number of nitrogen functional groups attached to an aromatic ring is 2. The lowest BCUT2D eigenvalue weighted by Gasteiger charge is -2.11. The maximum absolute atomic E-state index is 9.30. The van der Waals surface area contributed by atoms with E-state index in [1.807, 2.05) is 36.4 Å². The number of rotatable bonds is 3. The van der Waals surface area contributed by atoms with Crippen molar-refractivity contribution in [3.8, 4) is 28.4 Å². The molecule has 0 atom stereocenters. The Morgan fingerprint density at radius 2 is 1.36 bits per heavy atom. The second-order valence-electron chi connectivity index (χ2n) is 4.97. The maximum atomic E-state index is 9.30. The molecule has 3 aromatic rings. The Labute approximate surface area is 128 Å². The molecule has 22 heavy (non-hydrogen) atoms. The molecule has 0 heterocycles. The molecule has 5 N–H and O–H groups in total. The highest BCUT2D eigenvalue weighted by Gasteiger charge is 2.06. The summed E-state index contributed by atoms with van der Waals surface area (Å²) in [7, 11) is 0. The van der Waals surface area contributed by atoms with Crippen LogP contribution in [0.1, 0.15) is 0 Å². The number of phenols is 1. The van der Waals surface area contributed by atoms with Gasteiger partial charge in [0.05, 0.1) is 5.69 Å². The van der Waals surface area contributed by atoms with Gasteiger partial charge in [-0.15, -0.1) is 0 Å². The van der Waals surface area contributed by atoms with Gasteiger partial charge in [-0.3, -0.25) is 0 Å². The van der Waals surface area contributed by atoms with Crippen molar-refractivity contribution >= 4 is 11.4 Å². The lowest BCUT2D eigenvalue weighted by atomic mass is 10.0. The number of nitrogens with two attached hydrogens (primary N) is 2. The molecule has 0 radical (unpaired) electrons. The molecule has 0 aliphatic rings. The third-order valence-corrected chi connectivity index (χ3v) is 3.32. The Kier molecular flexibility index (Phi) is 3.58. The summed E-state index contributed by atoms with van der Waals surface area (Å²) in [5.41, 5.74) is 15.0. The molecule has 0 unspecified atom stereocenters. The molecule has 0 aromatic heterocycles. The number of aromatic hydroxyl groups is 1. The van der Waals surface area contributed by atoms with Crippen LogP contribution in [0.4, 0.5) is 11.4 Å². The Morgan fingerprint density at radius 1 is 0.727 bits per heavy atom. The number of ether oxygens (including phenoxy) is 1. The minimum absolute atomic E-state index is 0.191. The summed E-state index contributed by atoms with van der Waals surface area (Å²) in [5, 5.41) is 9.30. The van der Waals surface area contributed by atoms with E-state index in [0.29, 0.717) is 17.2 Å². The van der Waals surface area contributed by atoms with Crippen LogP contribution in [0.3, 0.4) is 0 Å². The minimum Gasteiger partial charge on any atom is -0.508 e. The van der Waals surface area contributed by atoms with Gasteiger partial charge in [0, 0.05) is 5.69 Å². The fourth-order valence-corrected chi connectivity index (χ4v) is 2.12. The highest BCUT2D eigenvalue weighted by atomic mass is 16.5. The molecule has 4 heteroatoms. The zero-order valence-corrected chi connectivity index (χ0v) is 11.9. The summed E-state index contributed by atoms with van der Waals surface area (Å²) in [6.45, 7) is 0. The van der Waals surface area contributed by atoms with Crippen LogP contribution in [0.25, 0.3) is 11.1 Å². The van der Waals surface area contributed by atoms with Gasteiger partial charge in [-0.1, -0.05) is 18.2 Å². The average Bonchev–Trinajstić information content (AvgIpc) is 2.52. The maximum Gasteiger partial charge on any atom is 0.150 e. The third-order valence-electron chi connectivity index (χ3n) is 3.32. The second-order valence-corrected chi connectivity index (χ2v) is 4.97. The predicted octanol–water partition coefficient (Wildman–Crippen LogP) is 4.02. The van der Waals surface area contributed by atoms with Crippen LogP contribution in [-0.2, 0) is 0 Å². The van der Waals surface area contributed by atoms with E-state index in [2.05, 4.69) is 0 Å². The molecule has 0 fully saturated rings. The van der Waals surface area contributed by atoms with Crippen molar-refractivity contribution in [1.82, 2.24) is 0 Å². The summed E-state index contributed by atoms with van der Waals surface area (Å²) in [4.78, 5) is 0. The van der Waals surface area contributed by atoms with Gasteiger partial charge in [0.25, 0.3) is 0 Å². The second kappa shape index (κ2) is 5.69. The molecule has 0 bridgehead atoms. The summed E-state index contributed by atoms with van der Waals surface area (Å²) < 4.78 is 5.79. The molecule has 0 aliphatic heterocycles. The average molecular weight is 292 g/mol. The van der Waals surface area contributed by atoms with E-state index in [1.54, 1.807) is 30.3 Å². The van der Waals surface area contributed by atoms with Crippen molar-refractivity contribution in [3.05, 3.63) is 66.7 Å². The van der Waals surface area contributed by atoms with Crippen LogP contribution in [0.5, 0.6) is 17.2 Å².